The third-order valence-corrected chi connectivity index (χ3v) is 4.37. The van der Waals surface area contributed by atoms with Crippen molar-refractivity contribution in [2.24, 2.45) is 5.92 Å². The molecule has 134 valence electrons. The predicted octanol–water partition coefficient (Wildman–Crippen LogP) is 7.42. The second-order valence-electron chi connectivity index (χ2n) is 6.69. The highest BCUT2D eigenvalue weighted by Crippen LogP contribution is 2.15. The summed E-state index contributed by atoms with van der Waals surface area (Å²) in [4.78, 5) is 11.1. The van der Waals surface area contributed by atoms with Gasteiger partial charge in [-0.15, -0.1) is 0 Å². The van der Waals surface area contributed by atoms with Crippen molar-refractivity contribution >= 4 is 6.29 Å². The molecule has 0 spiro atoms. The van der Waals surface area contributed by atoms with E-state index >= 15 is 0 Å². The fraction of sp³-hybridized carbons (Fsp3) is 0.773. The maximum absolute atomic E-state index is 11.1. The van der Waals surface area contributed by atoms with Crippen molar-refractivity contribution in [2.75, 3.05) is 0 Å². The minimum absolute atomic E-state index is 0.275. The van der Waals surface area contributed by atoms with Crippen molar-refractivity contribution in [1.29, 1.82) is 0 Å². The van der Waals surface area contributed by atoms with E-state index in [1.54, 1.807) is 0 Å². The van der Waals surface area contributed by atoms with Gasteiger partial charge in [-0.2, -0.15) is 0 Å². The van der Waals surface area contributed by atoms with Gasteiger partial charge in [0.05, 0.1) is 0 Å². The Kier molecular flexibility index (Phi) is 18.5. The summed E-state index contributed by atoms with van der Waals surface area (Å²) >= 11 is 0. The van der Waals surface area contributed by atoms with Gasteiger partial charge in [-0.05, 0) is 64.2 Å². The van der Waals surface area contributed by atoms with Crippen molar-refractivity contribution in [3.05, 3.63) is 24.3 Å². The van der Waals surface area contributed by atoms with Gasteiger partial charge in [0.25, 0.3) is 0 Å². The van der Waals surface area contributed by atoms with Gasteiger partial charge in [0.2, 0.25) is 0 Å². The summed E-state index contributed by atoms with van der Waals surface area (Å²) in [6.07, 6.45) is 27.4. The summed E-state index contributed by atoms with van der Waals surface area (Å²) in [5.74, 6) is 0.275. The highest BCUT2D eigenvalue weighted by Gasteiger charge is 2.05. The zero-order valence-corrected chi connectivity index (χ0v) is 15.8. The van der Waals surface area contributed by atoms with Crippen LogP contribution in [0, 0.1) is 5.92 Å². The number of rotatable bonds is 17. The second kappa shape index (κ2) is 19.2. The third kappa shape index (κ3) is 17.3. The van der Waals surface area contributed by atoms with Crippen molar-refractivity contribution < 1.29 is 4.79 Å². The molecule has 0 aliphatic carbocycles. The van der Waals surface area contributed by atoms with Gasteiger partial charge >= 0.3 is 0 Å². The molecule has 0 aliphatic rings. The summed E-state index contributed by atoms with van der Waals surface area (Å²) in [6.45, 7) is 4.48. The molecule has 0 atom stereocenters. The number of allylic oxidation sites excluding steroid dienone is 4. The van der Waals surface area contributed by atoms with E-state index in [0.29, 0.717) is 0 Å². The largest absolute Gasteiger partial charge is 0.303 e. The topological polar surface area (TPSA) is 17.1 Å². The molecule has 0 aliphatic heterocycles. The van der Waals surface area contributed by atoms with Crippen molar-refractivity contribution in [2.45, 2.75) is 104 Å². The number of aldehydes is 1. The molecule has 0 saturated carbocycles. The van der Waals surface area contributed by atoms with Gasteiger partial charge in [-0.1, -0.05) is 63.8 Å². The maximum atomic E-state index is 11.1. The van der Waals surface area contributed by atoms with E-state index in [2.05, 4.69) is 38.2 Å². The fourth-order valence-corrected chi connectivity index (χ4v) is 2.77. The van der Waals surface area contributed by atoms with Gasteiger partial charge in [0, 0.05) is 5.92 Å². The van der Waals surface area contributed by atoms with Gasteiger partial charge in [0.1, 0.15) is 6.29 Å². The first-order valence-electron chi connectivity index (χ1n) is 10.1. The predicted molar refractivity (Wildman–Crippen MR) is 104 cm³/mol. The second-order valence-corrected chi connectivity index (χ2v) is 6.69. The Hall–Kier alpha value is -0.850. The highest BCUT2D eigenvalue weighted by molar-refractivity contribution is 5.53. The normalized spacial score (nSPS) is 13.1. The van der Waals surface area contributed by atoms with Crippen LogP contribution in [0.1, 0.15) is 104 Å². The molecule has 0 fully saturated rings. The quantitative estimate of drug-likeness (QED) is 0.155. The van der Waals surface area contributed by atoms with E-state index in [0.717, 1.165) is 38.5 Å². The average molecular weight is 321 g/mol. The Morgan fingerprint density at radius 3 is 1.35 bits per heavy atom. The Morgan fingerprint density at radius 1 is 0.609 bits per heavy atom. The van der Waals surface area contributed by atoms with Crippen molar-refractivity contribution in [1.82, 2.24) is 0 Å². The van der Waals surface area contributed by atoms with Gasteiger partial charge < -0.3 is 4.79 Å². The molecule has 0 N–H and O–H groups in total. The summed E-state index contributed by atoms with van der Waals surface area (Å²) < 4.78 is 0. The number of hydrogen-bond acceptors (Lipinski definition) is 1. The first-order chi connectivity index (χ1) is 11.3. The zero-order chi connectivity index (χ0) is 17.0. The Morgan fingerprint density at radius 2 is 1.00 bits per heavy atom. The summed E-state index contributed by atoms with van der Waals surface area (Å²) in [5, 5.41) is 0. The van der Waals surface area contributed by atoms with Crippen LogP contribution >= 0.6 is 0 Å². The zero-order valence-electron chi connectivity index (χ0n) is 15.8. The van der Waals surface area contributed by atoms with Gasteiger partial charge in [0.15, 0.2) is 0 Å². The van der Waals surface area contributed by atoms with Crippen LogP contribution in [0.5, 0.6) is 0 Å². The molecule has 23 heavy (non-hydrogen) atoms. The van der Waals surface area contributed by atoms with Gasteiger partial charge in [-0.25, -0.2) is 0 Å². The molecule has 0 bridgehead atoms. The van der Waals surface area contributed by atoms with Crippen LogP contribution in [0.3, 0.4) is 0 Å². The van der Waals surface area contributed by atoms with Crippen LogP contribution in [0.2, 0.25) is 0 Å². The van der Waals surface area contributed by atoms with E-state index in [1.807, 2.05) is 0 Å². The minimum atomic E-state index is 0.275. The summed E-state index contributed by atoms with van der Waals surface area (Å²) in [5.41, 5.74) is 0. The lowest BCUT2D eigenvalue weighted by Gasteiger charge is -2.08. The van der Waals surface area contributed by atoms with Crippen molar-refractivity contribution in [3.8, 4) is 0 Å². The van der Waals surface area contributed by atoms with Crippen LogP contribution in [0.15, 0.2) is 24.3 Å². The monoisotopic (exact) mass is 320 g/mol. The van der Waals surface area contributed by atoms with Crippen LogP contribution in [0.25, 0.3) is 0 Å². The number of carbonyl (C=O) groups excluding carboxylic acids is 1. The van der Waals surface area contributed by atoms with Crippen LogP contribution in [-0.4, -0.2) is 6.29 Å². The van der Waals surface area contributed by atoms with E-state index in [4.69, 9.17) is 0 Å². The Bertz CT molecular complexity index is 264. The Balaban J connectivity index is 3.50. The number of carbonyl (C=O) groups is 1. The molecular formula is C22H40O. The molecule has 0 unspecified atom stereocenters. The molecule has 0 aromatic heterocycles. The highest BCUT2D eigenvalue weighted by atomic mass is 16.1. The lowest BCUT2D eigenvalue weighted by molar-refractivity contribution is -0.111. The van der Waals surface area contributed by atoms with E-state index in [1.165, 1.54) is 57.7 Å². The summed E-state index contributed by atoms with van der Waals surface area (Å²) in [7, 11) is 0. The molecule has 0 radical (unpaired) electrons. The molecule has 0 saturated heterocycles. The lowest BCUT2D eigenvalue weighted by atomic mass is 9.97. The van der Waals surface area contributed by atoms with Crippen molar-refractivity contribution in [3.63, 3.8) is 0 Å². The molecule has 0 rings (SSSR count). The van der Waals surface area contributed by atoms with E-state index in [-0.39, 0.29) is 5.92 Å². The molecule has 0 aromatic rings. The number of hydrogen-bond donors (Lipinski definition) is 0. The SMILES string of the molecule is CCCCCC=CCCCC(C=O)CCCC=CCCCCC. The van der Waals surface area contributed by atoms with Crippen LogP contribution in [-0.2, 0) is 4.79 Å². The number of unbranched alkanes of at least 4 members (excludes halogenated alkanes) is 8. The maximum Gasteiger partial charge on any atom is 0.123 e. The smallest absolute Gasteiger partial charge is 0.123 e. The third-order valence-electron chi connectivity index (χ3n) is 4.37. The summed E-state index contributed by atoms with van der Waals surface area (Å²) in [6, 6.07) is 0. The Labute approximate surface area is 145 Å². The van der Waals surface area contributed by atoms with Gasteiger partial charge in [-0.3, -0.25) is 0 Å². The molecule has 1 nitrogen and oxygen atoms in total. The van der Waals surface area contributed by atoms with Crippen LogP contribution in [0.4, 0.5) is 0 Å². The van der Waals surface area contributed by atoms with E-state index < -0.39 is 0 Å². The van der Waals surface area contributed by atoms with E-state index in [9.17, 15) is 4.79 Å². The fourth-order valence-electron chi connectivity index (χ4n) is 2.77. The first-order valence-corrected chi connectivity index (χ1v) is 10.1. The standard InChI is InChI=1S/C22H40O/c1-3-5-7-9-11-13-15-17-19-22(21-23)20-18-16-14-12-10-8-6-4-2/h11-14,21-22H,3-10,15-20H2,1-2H3. The molecule has 1 heteroatoms. The molecule has 0 amide bonds. The van der Waals surface area contributed by atoms with Crippen LogP contribution < -0.4 is 0 Å². The first kappa shape index (κ1) is 22.1. The average Bonchev–Trinajstić information content (AvgIpc) is 2.57. The molecule has 0 heterocycles. The minimum Gasteiger partial charge on any atom is -0.303 e. The molecule has 0 aromatic carbocycles. The lowest BCUT2D eigenvalue weighted by Crippen LogP contribution is -2.01. The molecular weight excluding hydrogens is 280 g/mol.